The summed E-state index contributed by atoms with van der Waals surface area (Å²) in [6.07, 6.45) is 7.43. The summed E-state index contributed by atoms with van der Waals surface area (Å²) in [6.45, 7) is 4.05. The fraction of sp³-hybridized carbons (Fsp3) is 0.917. The van der Waals surface area contributed by atoms with Crippen molar-refractivity contribution in [1.29, 1.82) is 0 Å². The fourth-order valence-electron chi connectivity index (χ4n) is 2.49. The molecule has 2 amide bonds. The Bertz CT molecular complexity index is 230. The smallest absolute Gasteiger partial charge is 0.318 e. The molecule has 0 unspecified atom stereocenters. The summed E-state index contributed by atoms with van der Waals surface area (Å²) < 4.78 is 0. The highest BCUT2D eigenvalue weighted by Crippen LogP contribution is 2.34. The van der Waals surface area contributed by atoms with Crippen LogP contribution in [0.25, 0.3) is 0 Å². The molecule has 2 fully saturated rings. The third-order valence-electron chi connectivity index (χ3n) is 3.31. The average molecular weight is 210 g/mol. The predicted octanol–water partition coefficient (Wildman–Crippen LogP) is 2.51. The number of carbonyl (C=O) groups excluding carboxylic acids is 1. The summed E-state index contributed by atoms with van der Waals surface area (Å²) in [4.78, 5) is 14.2. The summed E-state index contributed by atoms with van der Waals surface area (Å²) in [5.74, 6) is 0. The lowest BCUT2D eigenvalue weighted by molar-refractivity contribution is 0.168. The minimum absolute atomic E-state index is 0.166. The summed E-state index contributed by atoms with van der Waals surface area (Å²) in [6, 6.07) is 1.49. The van der Waals surface area contributed by atoms with Crippen molar-refractivity contribution in [2.45, 2.75) is 70.5 Å². The lowest BCUT2D eigenvalue weighted by atomic mass is 10.2. The predicted molar refractivity (Wildman–Crippen MR) is 60.8 cm³/mol. The van der Waals surface area contributed by atoms with E-state index in [1.165, 1.54) is 38.5 Å². The van der Waals surface area contributed by atoms with Gasteiger partial charge in [-0.1, -0.05) is 12.8 Å². The number of urea groups is 1. The van der Waals surface area contributed by atoms with E-state index in [-0.39, 0.29) is 12.1 Å². The number of rotatable bonds is 3. The van der Waals surface area contributed by atoms with Gasteiger partial charge in [-0.05, 0) is 39.5 Å². The second kappa shape index (κ2) is 4.42. The highest BCUT2D eigenvalue weighted by Gasteiger charge is 2.38. The molecule has 0 spiro atoms. The van der Waals surface area contributed by atoms with Gasteiger partial charge in [0.1, 0.15) is 0 Å². The van der Waals surface area contributed by atoms with Gasteiger partial charge in [0.05, 0.1) is 0 Å². The van der Waals surface area contributed by atoms with E-state index < -0.39 is 0 Å². The molecule has 0 aliphatic heterocycles. The van der Waals surface area contributed by atoms with Crippen LogP contribution in [0.2, 0.25) is 0 Å². The second-order valence-electron chi connectivity index (χ2n) is 5.18. The molecule has 0 aromatic heterocycles. The normalized spacial score (nSPS) is 22.1. The van der Waals surface area contributed by atoms with Gasteiger partial charge in [-0.25, -0.2) is 4.79 Å². The van der Waals surface area contributed by atoms with Crippen LogP contribution < -0.4 is 5.32 Å². The summed E-state index contributed by atoms with van der Waals surface area (Å²) >= 11 is 0. The van der Waals surface area contributed by atoms with Gasteiger partial charge >= 0.3 is 6.03 Å². The van der Waals surface area contributed by atoms with E-state index in [1.807, 2.05) is 13.8 Å². The van der Waals surface area contributed by atoms with Gasteiger partial charge in [0, 0.05) is 18.1 Å². The van der Waals surface area contributed by atoms with Crippen molar-refractivity contribution < 1.29 is 4.79 Å². The van der Waals surface area contributed by atoms with E-state index in [0.717, 1.165) is 0 Å². The second-order valence-corrected chi connectivity index (χ2v) is 5.18. The molecule has 0 radical (unpaired) electrons. The third-order valence-corrected chi connectivity index (χ3v) is 3.31. The molecule has 0 aromatic rings. The van der Waals surface area contributed by atoms with Crippen LogP contribution >= 0.6 is 0 Å². The molecule has 0 heterocycles. The number of carbonyl (C=O) groups is 1. The van der Waals surface area contributed by atoms with Crippen molar-refractivity contribution in [3.63, 3.8) is 0 Å². The van der Waals surface area contributed by atoms with Gasteiger partial charge in [0.2, 0.25) is 0 Å². The molecule has 0 atom stereocenters. The van der Waals surface area contributed by atoms with E-state index in [1.54, 1.807) is 0 Å². The maximum Gasteiger partial charge on any atom is 0.318 e. The van der Waals surface area contributed by atoms with Crippen LogP contribution in [0.5, 0.6) is 0 Å². The van der Waals surface area contributed by atoms with Crippen LogP contribution in [-0.2, 0) is 0 Å². The van der Waals surface area contributed by atoms with Gasteiger partial charge < -0.3 is 10.2 Å². The molecular weight excluding hydrogens is 188 g/mol. The Morgan fingerprint density at radius 1 is 1.13 bits per heavy atom. The van der Waals surface area contributed by atoms with Crippen molar-refractivity contribution in [1.82, 2.24) is 10.2 Å². The molecule has 0 bridgehead atoms. The molecule has 3 nitrogen and oxygen atoms in total. The van der Waals surface area contributed by atoms with Crippen molar-refractivity contribution >= 4 is 6.03 Å². The van der Waals surface area contributed by atoms with Gasteiger partial charge in [-0.3, -0.25) is 0 Å². The lowest BCUT2D eigenvalue weighted by Gasteiger charge is -2.30. The van der Waals surface area contributed by atoms with Crippen molar-refractivity contribution in [3.05, 3.63) is 0 Å². The Labute approximate surface area is 92.2 Å². The number of hydrogen-bond donors (Lipinski definition) is 1. The summed E-state index contributed by atoms with van der Waals surface area (Å²) in [7, 11) is 0. The monoisotopic (exact) mass is 210 g/mol. The van der Waals surface area contributed by atoms with Crippen LogP contribution in [0.1, 0.15) is 52.4 Å². The topological polar surface area (TPSA) is 32.3 Å². The Balaban J connectivity index is 1.95. The van der Waals surface area contributed by atoms with Crippen LogP contribution in [0, 0.1) is 0 Å². The van der Waals surface area contributed by atoms with Gasteiger partial charge in [-0.2, -0.15) is 0 Å². The molecule has 15 heavy (non-hydrogen) atoms. The Morgan fingerprint density at radius 3 is 2.13 bits per heavy atom. The molecule has 0 saturated heterocycles. The van der Waals surface area contributed by atoms with Gasteiger partial charge in [0.15, 0.2) is 0 Å². The summed E-state index contributed by atoms with van der Waals surface area (Å²) in [5, 5.41) is 3.03. The largest absolute Gasteiger partial charge is 0.336 e. The van der Waals surface area contributed by atoms with E-state index >= 15 is 0 Å². The Hall–Kier alpha value is -0.730. The average Bonchev–Trinajstić information content (AvgIpc) is 2.80. The van der Waals surface area contributed by atoms with Crippen molar-refractivity contribution in [3.8, 4) is 0 Å². The number of amides is 2. The van der Waals surface area contributed by atoms with Gasteiger partial charge in [-0.15, -0.1) is 0 Å². The maximum atomic E-state index is 12.0. The molecular formula is C12H22N2O. The quantitative estimate of drug-likeness (QED) is 0.762. The fourth-order valence-corrected chi connectivity index (χ4v) is 2.49. The van der Waals surface area contributed by atoms with Crippen LogP contribution in [0.3, 0.4) is 0 Å². The Morgan fingerprint density at radius 2 is 1.67 bits per heavy atom. The van der Waals surface area contributed by atoms with E-state index in [9.17, 15) is 4.79 Å². The van der Waals surface area contributed by atoms with Crippen LogP contribution in [0.15, 0.2) is 0 Å². The standard InChI is InChI=1S/C12H22N2O/c1-9(2)13-12(15)14(11-7-8-11)10-5-3-4-6-10/h9-11H,3-8H2,1-2H3,(H,13,15). The molecule has 1 N–H and O–H groups in total. The van der Waals surface area contributed by atoms with Crippen molar-refractivity contribution in [2.24, 2.45) is 0 Å². The lowest BCUT2D eigenvalue weighted by Crippen LogP contribution is -2.48. The minimum atomic E-state index is 0.166. The van der Waals surface area contributed by atoms with Crippen molar-refractivity contribution in [2.75, 3.05) is 0 Å². The molecule has 86 valence electrons. The highest BCUT2D eigenvalue weighted by molar-refractivity contribution is 5.75. The molecule has 3 heteroatoms. The SMILES string of the molecule is CC(C)NC(=O)N(C1CCCC1)C1CC1. The minimum Gasteiger partial charge on any atom is -0.336 e. The zero-order chi connectivity index (χ0) is 10.8. The van der Waals surface area contributed by atoms with E-state index in [2.05, 4.69) is 10.2 Å². The van der Waals surface area contributed by atoms with E-state index in [0.29, 0.717) is 12.1 Å². The highest BCUT2D eigenvalue weighted by atomic mass is 16.2. The molecule has 2 aliphatic carbocycles. The van der Waals surface area contributed by atoms with Gasteiger partial charge in [0.25, 0.3) is 0 Å². The maximum absolute atomic E-state index is 12.0. The zero-order valence-corrected chi connectivity index (χ0v) is 9.83. The zero-order valence-electron chi connectivity index (χ0n) is 9.83. The first-order chi connectivity index (χ1) is 7.18. The van der Waals surface area contributed by atoms with E-state index in [4.69, 9.17) is 0 Å². The molecule has 0 aromatic carbocycles. The number of hydrogen-bond acceptors (Lipinski definition) is 1. The first kappa shape index (κ1) is 10.8. The molecule has 2 rings (SSSR count). The first-order valence-electron chi connectivity index (χ1n) is 6.27. The van der Waals surface area contributed by atoms with Crippen LogP contribution in [0.4, 0.5) is 4.79 Å². The number of nitrogens with one attached hydrogen (secondary N) is 1. The summed E-state index contributed by atoms with van der Waals surface area (Å²) in [5.41, 5.74) is 0. The Kier molecular flexibility index (Phi) is 3.17. The third kappa shape index (κ3) is 2.64. The van der Waals surface area contributed by atoms with Crippen LogP contribution in [-0.4, -0.2) is 29.1 Å². The first-order valence-corrected chi connectivity index (χ1v) is 6.27. The molecule has 2 saturated carbocycles. The number of nitrogens with zero attached hydrogens (tertiary/aromatic N) is 1. The molecule has 2 aliphatic rings.